The van der Waals surface area contributed by atoms with Crippen LogP contribution in [0, 0.1) is 0 Å². The second-order valence-corrected chi connectivity index (χ2v) is 30.0. The summed E-state index contributed by atoms with van der Waals surface area (Å²) in [6, 6.07) is 53.4. The van der Waals surface area contributed by atoms with E-state index in [2.05, 4.69) is 231 Å². The second kappa shape index (κ2) is 15.0. The van der Waals surface area contributed by atoms with Gasteiger partial charge in [0.15, 0.2) is 0 Å². The predicted molar refractivity (Wildman–Crippen MR) is 294 cm³/mol. The van der Waals surface area contributed by atoms with Crippen molar-refractivity contribution in [3.05, 3.63) is 156 Å². The summed E-state index contributed by atoms with van der Waals surface area (Å²) in [5.41, 5.74) is 13.6. The van der Waals surface area contributed by atoms with E-state index in [9.17, 15) is 0 Å². The third kappa shape index (κ3) is 7.12. The summed E-state index contributed by atoms with van der Waals surface area (Å²) in [5.74, 6) is 1.90. The van der Waals surface area contributed by atoms with E-state index in [0.717, 1.165) is 28.6 Å². The molecule has 0 unspecified atom stereocenters. The highest BCUT2D eigenvalue weighted by Crippen LogP contribution is 2.49. The molecule has 2 aromatic heterocycles. The molecule has 7 aromatic carbocycles. The van der Waals surface area contributed by atoms with Crippen molar-refractivity contribution in [2.24, 2.45) is 0 Å². The maximum absolute atomic E-state index is 7.37. The van der Waals surface area contributed by atoms with Crippen molar-refractivity contribution in [1.29, 1.82) is 0 Å². The Balaban J connectivity index is 1.14. The molecule has 0 saturated heterocycles. The molecule has 9 aromatic rings. The number of hydrogen-bond donors (Lipinski definition) is 0. The minimum absolute atomic E-state index is 0.00224. The molecule has 2 aliphatic heterocycles. The fraction of sp³-hybridized carbons (Fsp3) is 0.254. The van der Waals surface area contributed by atoms with Gasteiger partial charge >= 0.3 is 0 Å². The van der Waals surface area contributed by atoms with Gasteiger partial charge in [-0.15, -0.1) is 22.7 Å². The van der Waals surface area contributed by atoms with Gasteiger partial charge in [-0.2, -0.15) is 0 Å². The molecule has 0 bridgehead atoms. The molecule has 0 atom stereocenters. The molecule has 2 aliphatic rings. The third-order valence-electron chi connectivity index (χ3n) is 13.9. The van der Waals surface area contributed by atoms with E-state index in [1.807, 2.05) is 22.7 Å². The van der Waals surface area contributed by atoms with Crippen LogP contribution in [0.1, 0.15) is 79.0 Å². The maximum Gasteiger partial charge on any atom is 0.268 e. The Bertz CT molecular complexity index is 3330. The molecule has 7 heteroatoms. The molecule has 3 nitrogen and oxygen atoms in total. The third-order valence-corrected chi connectivity index (χ3v) is 18.3. The van der Waals surface area contributed by atoms with Gasteiger partial charge < -0.3 is 14.5 Å². The van der Waals surface area contributed by atoms with Gasteiger partial charge in [0.25, 0.3) is 6.71 Å². The zero-order valence-electron chi connectivity index (χ0n) is 40.5. The van der Waals surface area contributed by atoms with E-state index in [0.29, 0.717) is 0 Å². The first kappa shape index (κ1) is 43.0. The summed E-state index contributed by atoms with van der Waals surface area (Å²) < 4.78 is 12.7. The lowest BCUT2D eigenvalue weighted by molar-refractivity contribution is 0.488. The first-order valence-electron chi connectivity index (χ1n) is 23.5. The molecule has 0 N–H and O–H groups in total. The Morgan fingerprint density at radius 3 is 1.74 bits per heavy atom. The monoisotopic (exact) mass is 914 g/mol. The van der Waals surface area contributed by atoms with Crippen LogP contribution >= 0.6 is 22.7 Å². The summed E-state index contributed by atoms with van der Waals surface area (Å²) in [6.45, 7) is 28.0. The summed E-state index contributed by atoms with van der Waals surface area (Å²) in [7, 11) is -1.85. The number of anilines is 6. The van der Waals surface area contributed by atoms with Crippen molar-refractivity contribution in [2.75, 3.05) is 9.80 Å². The quantitative estimate of drug-likeness (QED) is 0.160. The SMILES string of the molecule is CC(C)(C)c1ccc(N(c2ccc(C(C)(C)C)cc2)c2ccc3c(c2)Oc2cc([Si](C)(C)C)cc4c2B3c2sc3ccc(C(C)(C)C)cc3c2N4c2ccc3c(c2)sc2ccccc23)cc1. The van der Waals surface area contributed by atoms with Crippen molar-refractivity contribution in [3.63, 3.8) is 0 Å². The number of thiophene rings is 2. The smallest absolute Gasteiger partial charge is 0.268 e. The fourth-order valence-electron chi connectivity index (χ4n) is 10.0. The lowest BCUT2D eigenvalue weighted by atomic mass is 9.37. The number of fused-ring (bicyclic) bond motifs is 9. The Morgan fingerprint density at radius 2 is 1.11 bits per heavy atom. The number of hydrogen-bond acceptors (Lipinski definition) is 5. The van der Waals surface area contributed by atoms with Crippen molar-refractivity contribution in [1.82, 2.24) is 0 Å². The Morgan fingerprint density at radius 1 is 0.515 bits per heavy atom. The summed E-state index contributed by atoms with van der Waals surface area (Å²) >= 11 is 3.84. The van der Waals surface area contributed by atoms with Crippen LogP contribution in [0.2, 0.25) is 19.6 Å². The van der Waals surface area contributed by atoms with Gasteiger partial charge in [0.05, 0.1) is 13.8 Å². The van der Waals surface area contributed by atoms with Crippen LogP contribution in [0.5, 0.6) is 11.5 Å². The average molecular weight is 915 g/mol. The molecule has 0 amide bonds. The number of benzene rings is 7. The molecule has 0 fully saturated rings. The van der Waals surface area contributed by atoms with Crippen molar-refractivity contribution >= 4 is 123 Å². The lowest BCUT2D eigenvalue weighted by Crippen LogP contribution is -2.59. The molecule has 0 aliphatic carbocycles. The number of nitrogens with zero attached hydrogens (tertiary/aromatic N) is 2. The van der Waals surface area contributed by atoms with Crippen LogP contribution in [-0.4, -0.2) is 14.8 Å². The van der Waals surface area contributed by atoms with E-state index < -0.39 is 8.07 Å². The number of rotatable bonds is 5. The largest absolute Gasteiger partial charge is 0.458 e. The van der Waals surface area contributed by atoms with E-state index in [1.165, 1.54) is 84.9 Å². The van der Waals surface area contributed by atoms with E-state index in [1.54, 1.807) is 0 Å². The van der Waals surface area contributed by atoms with Crippen LogP contribution in [0.15, 0.2) is 140 Å². The van der Waals surface area contributed by atoms with Gasteiger partial charge in [-0.3, -0.25) is 0 Å². The molecule has 4 heterocycles. The van der Waals surface area contributed by atoms with Gasteiger partial charge in [-0.1, -0.05) is 148 Å². The average Bonchev–Trinajstić information content (AvgIpc) is 3.83. The van der Waals surface area contributed by atoms with Crippen molar-refractivity contribution in [2.45, 2.75) is 98.2 Å². The molecule has 330 valence electrons. The van der Waals surface area contributed by atoms with E-state index in [4.69, 9.17) is 4.74 Å². The lowest BCUT2D eigenvalue weighted by Gasteiger charge is -2.40. The molecule has 11 rings (SSSR count). The first-order valence-corrected chi connectivity index (χ1v) is 28.7. The van der Waals surface area contributed by atoms with Crippen LogP contribution in [0.3, 0.4) is 0 Å². The Labute approximate surface area is 400 Å². The Hall–Kier alpha value is -5.60. The van der Waals surface area contributed by atoms with Crippen LogP contribution in [-0.2, 0) is 16.2 Å². The van der Waals surface area contributed by atoms with Gasteiger partial charge in [0.2, 0.25) is 0 Å². The topological polar surface area (TPSA) is 15.7 Å². The van der Waals surface area contributed by atoms with E-state index in [-0.39, 0.29) is 23.0 Å². The molecule has 0 radical (unpaired) electrons. The standard InChI is InChI=1S/C59H59BN2OS2Si/c1-57(2,3)36-17-22-39(23-18-36)61(40-24-19-37(20-25-40)58(4,5)6)41-27-29-47-49(32-41)63-50-35-43(66(10,11)12)34-48-54(50)60(47)56-55(46-31-38(59(7,8)9)21-30-52(46)65-56)62(48)42-26-28-45-44-15-13-14-16-51(44)64-53(45)33-42/h13-35H,1-12H3. The normalized spacial score (nSPS) is 13.8. The second-order valence-electron chi connectivity index (χ2n) is 22.7. The predicted octanol–water partition coefficient (Wildman–Crippen LogP) is 15.6. The summed E-state index contributed by atoms with van der Waals surface area (Å²) in [6.07, 6.45) is 0. The summed E-state index contributed by atoms with van der Waals surface area (Å²) in [4.78, 5) is 5.00. The molecule has 0 saturated carbocycles. The van der Waals surface area contributed by atoms with Crippen LogP contribution in [0.25, 0.3) is 30.3 Å². The van der Waals surface area contributed by atoms with Crippen LogP contribution in [0.4, 0.5) is 34.1 Å². The highest BCUT2D eigenvalue weighted by atomic mass is 32.1. The molecular formula is C59H59BN2OS2Si. The Kier molecular flexibility index (Phi) is 9.74. The summed E-state index contributed by atoms with van der Waals surface area (Å²) in [5, 5.41) is 5.34. The zero-order valence-corrected chi connectivity index (χ0v) is 43.1. The fourth-order valence-corrected chi connectivity index (χ4v) is 13.6. The highest BCUT2D eigenvalue weighted by Gasteiger charge is 2.45. The molecule has 0 spiro atoms. The first-order chi connectivity index (χ1) is 31.2. The highest BCUT2D eigenvalue weighted by molar-refractivity contribution is 7.33. The van der Waals surface area contributed by atoms with Crippen LogP contribution < -0.4 is 35.4 Å². The molecular weight excluding hydrogens is 856 g/mol. The van der Waals surface area contributed by atoms with Gasteiger partial charge in [0.1, 0.15) is 11.5 Å². The van der Waals surface area contributed by atoms with Crippen molar-refractivity contribution < 1.29 is 4.74 Å². The molecule has 66 heavy (non-hydrogen) atoms. The number of ether oxygens (including phenoxy) is 1. The van der Waals surface area contributed by atoms with Gasteiger partial charge in [-0.05, 0) is 117 Å². The van der Waals surface area contributed by atoms with Gasteiger partial charge in [0, 0.05) is 69.5 Å². The van der Waals surface area contributed by atoms with Crippen molar-refractivity contribution in [3.8, 4) is 11.5 Å². The van der Waals surface area contributed by atoms with E-state index >= 15 is 0 Å². The minimum atomic E-state index is -1.85. The maximum atomic E-state index is 7.37. The van der Waals surface area contributed by atoms with Gasteiger partial charge in [-0.25, -0.2) is 0 Å². The minimum Gasteiger partial charge on any atom is -0.458 e. The zero-order chi connectivity index (χ0) is 46.2.